The Morgan fingerprint density at radius 3 is 2.74 bits per heavy atom. The molecule has 1 aliphatic heterocycles. The first kappa shape index (κ1) is 21.5. The van der Waals surface area contributed by atoms with E-state index in [-0.39, 0.29) is 18.3 Å². The minimum atomic E-state index is -3.16. The second kappa shape index (κ2) is 8.95. The monoisotopic (exact) mass is 398 g/mol. The highest BCUT2D eigenvalue weighted by atomic mass is 32.2. The van der Waals surface area contributed by atoms with Crippen molar-refractivity contribution in [2.45, 2.75) is 51.3 Å². The molecule has 2 N–H and O–H groups in total. The molecule has 1 atom stereocenters. The number of sulfone groups is 1. The fourth-order valence-corrected chi connectivity index (χ4v) is 3.94. The number of guanidine groups is 1. The first-order valence-electron chi connectivity index (χ1n) is 9.63. The highest BCUT2D eigenvalue weighted by molar-refractivity contribution is 7.92. The number of hydrogen-bond acceptors (Lipinski definition) is 5. The molecule has 27 heavy (non-hydrogen) atoms. The smallest absolute Gasteiger partial charge is 0.191 e. The normalized spacial score (nSPS) is 19.2. The predicted octanol–water partition coefficient (Wildman–Crippen LogP) is 1.16. The van der Waals surface area contributed by atoms with Gasteiger partial charge in [0.25, 0.3) is 0 Å². The van der Waals surface area contributed by atoms with Crippen LogP contribution >= 0.6 is 0 Å². The molecule has 1 aromatic rings. The number of aromatic nitrogens is 2. The molecule has 1 fully saturated rings. The van der Waals surface area contributed by atoms with E-state index in [1.807, 2.05) is 31.0 Å². The number of nitrogens with zero attached hydrogens (tertiary/aromatic N) is 4. The van der Waals surface area contributed by atoms with Gasteiger partial charge in [0.2, 0.25) is 0 Å². The topological polar surface area (TPSA) is 91.6 Å². The van der Waals surface area contributed by atoms with Gasteiger partial charge in [0.05, 0.1) is 28.9 Å². The van der Waals surface area contributed by atoms with Gasteiger partial charge < -0.3 is 15.5 Å². The summed E-state index contributed by atoms with van der Waals surface area (Å²) in [6.07, 6.45) is 6.06. The van der Waals surface area contributed by atoms with E-state index in [1.165, 1.54) is 0 Å². The van der Waals surface area contributed by atoms with Crippen molar-refractivity contribution in [3.05, 3.63) is 12.4 Å². The maximum Gasteiger partial charge on any atom is 0.191 e. The van der Waals surface area contributed by atoms with Crippen molar-refractivity contribution in [2.24, 2.45) is 12.0 Å². The Morgan fingerprint density at radius 1 is 1.41 bits per heavy atom. The van der Waals surface area contributed by atoms with Crippen LogP contribution < -0.4 is 15.5 Å². The van der Waals surface area contributed by atoms with Crippen molar-refractivity contribution in [3.8, 4) is 0 Å². The molecule has 0 bridgehead atoms. The van der Waals surface area contributed by atoms with E-state index in [0.29, 0.717) is 5.96 Å². The van der Waals surface area contributed by atoms with Crippen LogP contribution in [0, 0.1) is 0 Å². The minimum Gasteiger partial charge on any atom is -0.367 e. The van der Waals surface area contributed by atoms with E-state index in [9.17, 15) is 8.42 Å². The van der Waals surface area contributed by atoms with Gasteiger partial charge >= 0.3 is 0 Å². The molecule has 1 aliphatic rings. The quantitative estimate of drug-likeness (QED) is 0.552. The lowest BCUT2D eigenvalue weighted by Gasteiger charge is -2.34. The molecule has 154 valence electrons. The van der Waals surface area contributed by atoms with Gasteiger partial charge in [-0.25, -0.2) is 8.42 Å². The van der Waals surface area contributed by atoms with Crippen molar-refractivity contribution in [1.82, 2.24) is 20.4 Å². The Hall–Kier alpha value is -1.77. The van der Waals surface area contributed by atoms with Crippen LogP contribution in [0.15, 0.2) is 17.4 Å². The molecular formula is C18H34N6O2S. The highest BCUT2D eigenvalue weighted by Gasteiger charge is 2.28. The zero-order valence-electron chi connectivity index (χ0n) is 17.2. The summed E-state index contributed by atoms with van der Waals surface area (Å²) in [5.74, 6) is 0.735. The lowest BCUT2D eigenvalue weighted by Crippen LogP contribution is -2.51. The maximum atomic E-state index is 12.3. The molecule has 0 spiro atoms. The lowest BCUT2D eigenvalue weighted by atomic mass is 10.1. The number of hydrogen-bond donors (Lipinski definition) is 2. The molecule has 0 aliphatic carbocycles. The van der Waals surface area contributed by atoms with Crippen molar-refractivity contribution < 1.29 is 8.42 Å². The summed E-state index contributed by atoms with van der Waals surface area (Å²) in [5.41, 5.74) is 1.13. The third-order valence-corrected chi connectivity index (χ3v) is 7.31. The lowest BCUT2D eigenvalue weighted by molar-refractivity contribution is 0.468. The van der Waals surface area contributed by atoms with Gasteiger partial charge in [0.1, 0.15) is 0 Å². The van der Waals surface area contributed by atoms with Crippen LogP contribution in [0.2, 0.25) is 0 Å². The maximum absolute atomic E-state index is 12.3. The summed E-state index contributed by atoms with van der Waals surface area (Å²) in [6.45, 7) is 10.1. The first-order valence-corrected chi connectivity index (χ1v) is 11.3. The van der Waals surface area contributed by atoms with Gasteiger partial charge in [-0.1, -0.05) is 0 Å². The highest BCUT2D eigenvalue weighted by Crippen LogP contribution is 2.19. The number of piperidine rings is 1. The fourth-order valence-electron chi connectivity index (χ4n) is 3.00. The molecule has 8 nitrogen and oxygen atoms in total. The minimum absolute atomic E-state index is 0.0551. The summed E-state index contributed by atoms with van der Waals surface area (Å²) >= 11 is 0. The zero-order valence-corrected chi connectivity index (χ0v) is 18.0. The second-order valence-electron chi connectivity index (χ2n) is 7.99. The number of aryl methyl sites for hydroxylation is 1. The Bertz CT molecular complexity index is 735. The fraction of sp³-hybridized carbons (Fsp3) is 0.778. The molecule has 2 heterocycles. The molecule has 0 amide bonds. The standard InChI is InChI=1S/C18H34N6O2S/c1-6-19-17(20-9-11-27(25,26)18(2,3)4)22-15-8-7-10-24(13-15)16-12-21-23(5)14-16/h12,14-15H,6-11,13H2,1-5H3,(H2,19,20,22). The van der Waals surface area contributed by atoms with Crippen molar-refractivity contribution in [2.75, 3.05) is 36.8 Å². The van der Waals surface area contributed by atoms with E-state index in [2.05, 4.69) is 25.6 Å². The first-order chi connectivity index (χ1) is 12.6. The van der Waals surface area contributed by atoms with E-state index >= 15 is 0 Å². The molecule has 9 heteroatoms. The van der Waals surface area contributed by atoms with E-state index in [4.69, 9.17) is 0 Å². The van der Waals surface area contributed by atoms with E-state index in [1.54, 1.807) is 20.8 Å². The van der Waals surface area contributed by atoms with Crippen LogP contribution in [-0.2, 0) is 16.9 Å². The molecule has 2 rings (SSSR count). The number of rotatable bonds is 6. The molecule has 1 saturated heterocycles. The molecule has 1 aromatic heterocycles. The largest absolute Gasteiger partial charge is 0.367 e. The predicted molar refractivity (Wildman–Crippen MR) is 111 cm³/mol. The Morgan fingerprint density at radius 2 is 2.15 bits per heavy atom. The zero-order chi connectivity index (χ0) is 20.1. The molecular weight excluding hydrogens is 364 g/mol. The molecule has 1 unspecified atom stereocenters. The van der Waals surface area contributed by atoms with Crippen LogP contribution in [-0.4, -0.2) is 66.9 Å². The van der Waals surface area contributed by atoms with Gasteiger partial charge in [-0.15, -0.1) is 0 Å². The van der Waals surface area contributed by atoms with Gasteiger partial charge in [-0.3, -0.25) is 9.67 Å². The van der Waals surface area contributed by atoms with Gasteiger partial charge in [0.15, 0.2) is 15.8 Å². The average molecular weight is 399 g/mol. The van der Waals surface area contributed by atoms with Crippen molar-refractivity contribution in [1.29, 1.82) is 0 Å². The van der Waals surface area contributed by atoms with Crippen molar-refractivity contribution >= 4 is 21.5 Å². The molecule has 0 aromatic carbocycles. The van der Waals surface area contributed by atoms with Crippen LogP contribution in [0.1, 0.15) is 40.5 Å². The number of anilines is 1. The van der Waals surface area contributed by atoms with Gasteiger partial charge in [0, 0.05) is 38.9 Å². The molecule has 0 radical (unpaired) electrons. The average Bonchev–Trinajstić information content (AvgIpc) is 3.00. The van der Waals surface area contributed by atoms with Gasteiger partial charge in [-0.2, -0.15) is 5.10 Å². The third kappa shape index (κ3) is 6.12. The molecule has 0 saturated carbocycles. The number of aliphatic imine (C=N–C) groups is 1. The summed E-state index contributed by atoms with van der Waals surface area (Å²) < 4.78 is 25.6. The van der Waals surface area contributed by atoms with Gasteiger partial charge in [-0.05, 0) is 40.5 Å². The van der Waals surface area contributed by atoms with E-state index < -0.39 is 14.6 Å². The van der Waals surface area contributed by atoms with Crippen LogP contribution in [0.5, 0.6) is 0 Å². The summed E-state index contributed by atoms with van der Waals surface area (Å²) in [4.78, 5) is 6.81. The number of nitrogens with one attached hydrogen (secondary N) is 2. The van der Waals surface area contributed by atoms with Crippen LogP contribution in [0.25, 0.3) is 0 Å². The van der Waals surface area contributed by atoms with Crippen LogP contribution in [0.4, 0.5) is 5.69 Å². The Balaban J connectivity index is 1.96. The summed E-state index contributed by atoms with van der Waals surface area (Å²) in [6, 6.07) is 0.260. The Kier molecular flexibility index (Phi) is 7.13. The second-order valence-corrected chi connectivity index (χ2v) is 10.9. The van der Waals surface area contributed by atoms with E-state index in [0.717, 1.165) is 38.2 Å². The SMILES string of the molecule is CCNC(=NCCS(=O)(=O)C(C)(C)C)NC1CCCN(c2cnn(C)c2)C1. The van der Waals surface area contributed by atoms with Crippen LogP contribution in [0.3, 0.4) is 0 Å². The Labute approximate surface area is 163 Å². The van der Waals surface area contributed by atoms with Crippen molar-refractivity contribution in [3.63, 3.8) is 0 Å². The summed E-state index contributed by atoms with van der Waals surface area (Å²) in [5, 5.41) is 10.9. The summed E-state index contributed by atoms with van der Waals surface area (Å²) in [7, 11) is -1.24. The third-order valence-electron chi connectivity index (χ3n) is 4.73.